The standard InChI is InChI=1S/C13H10N6O2S2/c1-4-10(20-5-1)12-15-14-11(21-12)8-23-13-16-17-18-19(13)7-9-3-2-6-22-9/h1-6H,7-8H2. The van der Waals surface area contributed by atoms with E-state index in [0.29, 0.717) is 35.0 Å². The highest BCUT2D eigenvalue weighted by molar-refractivity contribution is 7.98. The number of tetrazole rings is 1. The van der Waals surface area contributed by atoms with Gasteiger partial charge in [0.1, 0.15) is 0 Å². The minimum absolute atomic E-state index is 0.365. The van der Waals surface area contributed by atoms with Crippen molar-refractivity contribution in [2.45, 2.75) is 17.5 Å². The van der Waals surface area contributed by atoms with Crippen molar-refractivity contribution in [3.05, 3.63) is 46.7 Å². The van der Waals surface area contributed by atoms with Crippen molar-refractivity contribution in [1.82, 2.24) is 30.4 Å². The van der Waals surface area contributed by atoms with Gasteiger partial charge >= 0.3 is 0 Å². The fourth-order valence-electron chi connectivity index (χ4n) is 1.89. The molecule has 0 amide bonds. The van der Waals surface area contributed by atoms with Gasteiger partial charge in [0.05, 0.1) is 18.6 Å². The van der Waals surface area contributed by atoms with Gasteiger partial charge < -0.3 is 8.83 Å². The van der Waals surface area contributed by atoms with Crippen LogP contribution in [0.5, 0.6) is 0 Å². The number of rotatable bonds is 6. The molecular formula is C13H10N6O2S2. The van der Waals surface area contributed by atoms with Crippen LogP contribution in [0.25, 0.3) is 11.7 Å². The van der Waals surface area contributed by atoms with Gasteiger partial charge in [0, 0.05) is 4.88 Å². The van der Waals surface area contributed by atoms with E-state index in [4.69, 9.17) is 8.83 Å². The Morgan fingerprint density at radius 3 is 3.00 bits per heavy atom. The van der Waals surface area contributed by atoms with Gasteiger partial charge in [0.25, 0.3) is 5.89 Å². The molecule has 0 N–H and O–H groups in total. The SMILES string of the molecule is c1coc(-c2nnc(CSc3nnnn3Cc3cccs3)o2)c1. The predicted molar refractivity (Wildman–Crippen MR) is 82.8 cm³/mol. The molecule has 0 saturated carbocycles. The van der Waals surface area contributed by atoms with E-state index in [9.17, 15) is 0 Å². The summed E-state index contributed by atoms with van der Waals surface area (Å²) in [4.78, 5) is 1.19. The third-order valence-corrected chi connectivity index (χ3v) is 4.71. The van der Waals surface area contributed by atoms with E-state index in [1.165, 1.54) is 16.6 Å². The maximum Gasteiger partial charge on any atom is 0.283 e. The van der Waals surface area contributed by atoms with Crippen molar-refractivity contribution in [1.29, 1.82) is 0 Å². The summed E-state index contributed by atoms with van der Waals surface area (Å²) in [6.07, 6.45) is 1.56. The summed E-state index contributed by atoms with van der Waals surface area (Å²) < 4.78 is 12.5. The Morgan fingerprint density at radius 2 is 2.17 bits per heavy atom. The number of furan rings is 1. The molecule has 0 saturated heterocycles. The molecule has 0 spiro atoms. The van der Waals surface area contributed by atoms with E-state index in [1.54, 1.807) is 34.4 Å². The van der Waals surface area contributed by atoms with Gasteiger partial charge in [-0.2, -0.15) is 0 Å². The number of thioether (sulfide) groups is 1. The number of nitrogens with zero attached hydrogens (tertiary/aromatic N) is 6. The largest absolute Gasteiger partial charge is 0.459 e. The summed E-state index contributed by atoms with van der Waals surface area (Å²) >= 11 is 3.11. The van der Waals surface area contributed by atoms with Gasteiger partial charge in [-0.05, 0) is 34.0 Å². The normalized spacial score (nSPS) is 11.1. The second-order valence-corrected chi connectivity index (χ2v) is 6.44. The summed E-state index contributed by atoms with van der Waals surface area (Å²) in [7, 11) is 0. The van der Waals surface area contributed by atoms with Crippen LogP contribution in [0.4, 0.5) is 0 Å². The van der Waals surface area contributed by atoms with Crippen molar-refractivity contribution in [3.8, 4) is 11.7 Å². The Kier molecular flexibility index (Phi) is 3.90. The smallest absolute Gasteiger partial charge is 0.283 e. The maximum atomic E-state index is 5.56. The van der Waals surface area contributed by atoms with Crippen LogP contribution in [0.15, 0.2) is 49.9 Å². The lowest BCUT2D eigenvalue weighted by Gasteiger charge is -2.00. The van der Waals surface area contributed by atoms with E-state index in [-0.39, 0.29) is 0 Å². The van der Waals surface area contributed by atoms with Crippen LogP contribution < -0.4 is 0 Å². The molecule has 0 atom stereocenters. The maximum absolute atomic E-state index is 5.56. The molecule has 4 aromatic heterocycles. The predicted octanol–water partition coefficient (Wildman–Crippen LogP) is 2.72. The van der Waals surface area contributed by atoms with E-state index in [1.807, 2.05) is 11.4 Å². The first-order valence-corrected chi connectivity index (χ1v) is 8.52. The third kappa shape index (κ3) is 3.17. The van der Waals surface area contributed by atoms with Crippen LogP contribution in [0.2, 0.25) is 0 Å². The summed E-state index contributed by atoms with van der Waals surface area (Å²) in [6, 6.07) is 7.60. The third-order valence-electron chi connectivity index (χ3n) is 2.91. The van der Waals surface area contributed by atoms with Crippen molar-refractivity contribution in [2.24, 2.45) is 0 Å². The van der Waals surface area contributed by atoms with Crippen LogP contribution in [-0.2, 0) is 12.3 Å². The van der Waals surface area contributed by atoms with E-state index >= 15 is 0 Å². The van der Waals surface area contributed by atoms with Gasteiger partial charge in [-0.3, -0.25) is 0 Å². The molecule has 0 aliphatic rings. The van der Waals surface area contributed by atoms with Gasteiger partial charge in [-0.1, -0.05) is 17.8 Å². The Bertz CT molecular complexity index is 868. The molecule has 4 rings (SSSR count). The summed E-state index contributed by atoms with van der Waals surface area (Å²) in [5.41, 5.74) is 0. The first-order chi connectivity index (χ1) is 11.4. The Hall–Kier alpha value is -2.46. The molecule has 116 valence electrons. The van der Waals surface area contributed by atoms with Crippen molar-refractivity contribution < 1.29 is 8.83 Å². The van der Waals surface area contributed by atoms with E-state index < -0.39 is 0 Å². The lowest BCUT2D eigenvalue weighted by Crippen LogP contribution is -2.02. The number of hydrogen-bond acceptors (Lipinski definition) is 9. The van der Waals surface area contributed by atoms with Crippen LogP contribution in [0.1, 0.15) is 10.8 Å². The summed E-state index contributed by atoms with van der Waals surface area (Å²) in [6.45, 7) is 0.647. The quantitative estimate of drug-likeness (QED) is 0.492. The molecule has 0 unspecified atom stereocenters. The number of thiophene rings is 1. The average molecular weight is 346 g/mol. The highest BCUT2D eigenvalue weighted by atomic mass is 32.2. The molecule has 4 heterocycles. The monoisotopic (exact) mass is 346 g/mol. The minimum Gasteiger partial charge on any atom is -0.459 e. The molecule has 0 aliphatic heterocycles. The minimum atomic E-state index is 0.365. The molecule has 0 aromatic carbocycles. The molecule has 0 aliphatic carbocycles. The Balaban J connectivity index is 1.43. The van der Waals surface area contributed by atoms with Crippen LogP contribution in [0, 0.1) is 0 Å². The Morgan fingerprint density at radius 1 is 1.17 bits per heavy atom. The number of hydrogen-bond donors (Lipinski definition) is 0. The van der Waals surface area contributed by atoms with Crippen molar-refractivity contribution in [3.63, 3.8) is 0 Å². The van der Waals surface area contributed by atoms with Crippen LogP contribution >= 0.6 is 23.1 Å². The highest BCUT2D eigenvalue weighted by Crippen LogP contribution is 2.23. The summed E-state index contributed by atoms with van der Waals surface area (Å²) in [5.74, 6) is 1.89. The molecular weight excluding hydrogens is 336 g/mol. The zero-order valence-corrected chi connectivity index (χ0v) is 13.3. The van der Waals surface area contributed by atoms with Gasteiger partial charge in [-0.15, -0.1) is 26.6 Å². The highest BCUT2D eigenvalue weighted by Gasteiger charge is 2.13. The van der Waals surface area contributed by atoms with E-state index in [2.05, 4.69) is 31.8 Å². The fraction of sp³-hybridized carbons (Fsp3) is 0.154. The average Bonchev–Trinajstić information content (AvgIpc) is 3.34. The summed E-state index contributed by atoms with van der Waals surface area (Å²) in [5, 5.41) is 22.5. The zero-order valence-electron chi connectivity index (χ0n) is 11.7. The molecule has 4 aromatic rings. The molecule has 0 fully saturated rings. The van der Waals surface area contributed by atoms with Crippen molar-refractivity contribution >= 4 is 23.1 Å². The molecule has 0 bridgehead atoms. The molecule has 8 nitrogen and oxygen atoms in total. The first kappa shape index (κ1) is 14.2. The lowest BCUT2D eigenvalue weighted by atomic mass is 10.5. The van der Waals surface area contributed by atoms with E-state index in [0.717, 1.165) is 0 Å². The topological polar surface area (TPSA) is 95.7 Å². The van der Waals surface area contributed by atoms with Gasteiger partial charge in [0.15, 0.2) is 5.76 Å². The Labute approximate surface area is 138 Å². The second-order valence-electron chi connectivity index (χ2n) is 4.47. The van der Waals surface area contributed by atoms with Crippen molar-refractivity contribution in [2.75, 3.05) is 0 Å². The molecule has 10 heteroatoms. The van der Waals surface area contributed by atoms with Crippen LogP contribution in [0.3, 0.4) is 0 Å². The molecule has 23 heavy (non-hydrogen) atoms. The van der Waals surface area contributed by atoms with Gasteiger partial charge in [-0.25, -0.2) is 4.68 Å². The number of aromatic nitrogens is 6. The lowest BCUT2D eigenvalue weighted by molar-refractivity contribution is 0.494. The van der Waals surface area contributed by atoms with Gasteiger partial charge in [0.2, 0.25) is 11.0 Å². The second kappa shape index (κ2) is 6.34. The zero-order chi connectivity index (χ0) is 15.5. The van der Waals surface area contributed by atoms with Crippen LogP contribution in [-0.4, -0.2) is 30.4 Å². The molecule has 0 radical (unpaired) electrons. The fourth-order valence-corrected chi connectivity index (χ4v) is 3.29. The first-order valence-electron chi connectivity index (χ1n) is 6.66.